The summed E-state index contributed by atoms with van der Waals surface area (Å²) in [5, 5.41) is 11.9. The van der Waals surface area contributed by atoms with Gasteiger partial charge in [0.1, 0.15) is 0 Å². The molecule has 0 amide bonds. The Bertz CT molecular complexity index is 508. The summed E-state index contributed by atoms with van der Waals surface area (Å²) in [6.07, 6.45) is -0.709. The van der Waals surface area contributed by atoms with E-state index in [9.17, 15) is 9.32 Å². The Labute approximate surface area is 113 Å². The summed E-state index contributed by atoms with van der Waals surface area (Å²) < 4.78 is 12.8. The number of aliphatic hydroxyl groups is 1. The fourth-order valence-corrected chi connectivity index (χ4v) is 3.71. The number of nitrogens with two attached hydrogens (primary N) is 1. The molecular formula is C13H15NO2S2. The van der Waals surface area contributed by atoms with Gasteiger partial charge in [0.2, 0.25) is 0 Å². The van der Waals surface area contributed by atoms with Crippen molar-refractivity contribution in [1.29, 1.82) is 0 Å². The molecule has 2 unspecified atom stereocenters. The first-order chi connectivity index (χ1) is 8.70. The molecule has 0 saturated heterocycles. The molecule has 0 fully saturated rings. The second kappa shape index (κ2) is 6.24. The third-order valence-electron chi connectivity index (χ3n) is 2.63. The van der Waals surface area contributed by atoms with Gasteiger partial charge in [-0.2, -0.15) is 0 Å². The van der Waals surface area contributed by atoms with Crippen LogP contribution in [0.5, 0.6) is 0 Å². The fraction of sp³-hybridized carbons (Fsp3) is 0.231. The monoisotopic (exact) mass is 281 g/mol. The van der Waals surface area contributed by atoms with Gasteiger partial charge < -0.3 is 10.8 Å². The topological polar surface area (TPSA) is 63.3 Å². The first kappa shape index (κ1) is 13.4. The predicted octanol–water partition coefficient (Wildman–Crippen LogP) is 2.05. The number of rotatable bonds is 5. The molecule has 1 heterocycles. The minimum atomic E-state index is -1.15. The predicted molar refractivity (Wildman–Crippen MR) is 74.9 cm³/mol. The lowest BCUT2D eigenvalue weighted by atomic mass is 10.1. The van der Waals surface area contributed by atoms with E-state index in [1.54, 1.807) is 0 Å². The van der Waals surface area contributed by atoms with Crippen LogP contribution in [-0.4, -0.2) is 15.1 Å². The van der Waals surface area contributed by atoms with E-state index in [0.29, 0.717) is 6.54 Å². The molecule has 0 spiro atoms. The molecule has 0 aliphatic carbocycles. The number of aliphatic hydroxyl groups excluding tert-OH is 1. The lowest BCUT2D eigenvalue weighted by molar-refractivity contribution is 0.203. The summed E-state index contributed by atoms with van der Waals surface area (Å²) in [6, 6.07) is 11.1. The zero-order valence-corrected chi connectivity index (χ0v) is 11.4. The highest BCUT2D eigenvalue weighted by molar-refractivity contribution is 7.87. The maximum absolute atomic E-state index is 12.0. The lowest BCUT2D eigenvalue weighted by Crippen LogP contribution is -2.08. The van der Waals surface area contributed by atoms with Crippen molar-refractivity contribution in [3.8, 4) is 0 Å². The first-order valence-corrected chi connectivity index (χ1v) is 7.79. The van der Waals surface area contributed by atoms with Crippen molar-refractivity contribution in [3.05, 3.63) is 52.9 Å². The molecule has 0 radical (unpaired) electrons. The van der Waals surface area contributed by atoms with Gasteiger partial charge in [-0.25, -0.2) is 0 Å². The molecule has 2 aromatic rings. The molecular weight excluding hydrogens is 266 g/mol. The summed E-state index contributed by atoms with van der Waals surface area (Å²) >= 11 is 1.45. The second-order valence-electron chi connectivity index (χ2n) is 3.91. The van der Waals surface area contributed by atoms with Gasteiger partial charge in [0.05, 0.1) is 26.9 Å². The van der Waals surface area contributed by atoms with Gasteiger partial charge in [-0.1, -0.05) is 30.3 Å². The van der Waals surface area contributed by atoms with Crippen LogP contribution < -0.4 is 5.73 Å². The lowest BCUT2D eigenvalue weighted by Gasteiger charge is -2.10. The van der Waals surface area contributed by atoms with Crippen molar-refractivity contribution in [2.75, 3.05) is 5.75 Å². The Morgan fingerprint density at radius 3 is 2.56 bits per heavy atom. The van der Waals surface area contributed by atoms with Crippen molar-refractivity contribution >= 4 is 22.1 Å². The van der Waals surface area contributed by atoms with E-state index in [4.69, 9.17) is 5.73 Å². The van der Waals surface area contributed by atoms with Gasteiger partial charge in [-0.3, -0.25) is 4.21 Å². The van der Waals surface area contributed by atoms with E-state index < -0.39 is 16.9 Å². The minimum Gasteiger partial charge on any atom is -0.387 e. The first-order valence-electron chi connectivity index (χ1n) is 5.59. The van der Waals surface area contributed by atoms with E-state index in [2.05, 4.69) is 0 Å². The van der Waals surface area contributed by atoms with Crippen LogP contribution in [0.25, 0.3) is 0 Å². The molecule has 5 heteroatoms. The molecule has 18 heavy (non-hydrogen) atoms. The Morgan fingerprint density at radius 2 is 2.00 bits per heavy atom. The van der Waals surface area contributed by atoms with Crippen LogP contribution in [0.2, 0.25) is 0 Å². The molecule has 96 valence electrons. The summed E-state index contributed by atoms with van der Waals surface area (Å²) in [5.74, 6) is 0.225. The number of benzene rings is 1. The average molecular weight is 281 g/mol. The molecule has 1 aromatic carbocycles. The Balaban J connectivity index is 2.02. The standard InChI is InChI=1S/C13H15NO2S2/c14-8-10-3-5-11(6-4-10)12(15)9-18(16)13-2-1-7-17-13/h1-7,12,15H,8-9,14H2. The molecule has 0 aliphatic rings. The molecule has 3 N–H and O–H groups in total. The van der Waals surface area contributed by atoms with Crippen LogP contribution >= 0.6 is 11.3 Å². The van der Waals surface area contributed by atoms with Gasteiger partial charge in [-0.15, -0.1) is 11.3 Å². The molecule has 0 saturated carbocycles. The zero-order chi connectivity index (χ0) is 13.0. The van der Waals surface area contributed by atoms with E-state index >= 15 is 0 Å². The van der Waals surface area contributed by atoms with E-state index in [1.165, 1.54) is 11.3 Å². The fourth-order valence-electron chi connectivity index (χ4n) is 1.59. The maximum atomic E-state index is 12.0. The van der Waals surface area contributed by atoms with Crippen molar-refractivity contribution in [3.63, 3.8) is 0 Å². The quantitative estimate of drug-likeness (QED) is 0.881. The van der Waals surface area contributed by atoms with Crippen LogP contribution in [0.3, 0.4) is 0 Å². The van der Waals surface area contributed by atoms with Crippen LogP contribution in [0, 0.1) is 0 Å². The molecule has 2 atom stereocenters. The summed E-state index contributed by atoms with van der Waals surface area (Å²) in [5.41, 5.74) is 7.31. The minimum absolute atomic E-state index is 0.225. The second-order valence-corrected chi connectivity index (χ2v) is 6.58. The van der Waals surface area contributed by atoms with Crippen LogP contribution in [0.15, 0.2) is 46.0 Å². The average Bonchev–Trinajstić information content (AvgIpc) is 2.92. The van der Waals surface area contributed by atoms with Gasteiger partial charge in [-0.05, 0) is 22.6 Å². The Kier molecular flexibility index (Phi) is 4.66. The maximum Gasteiger partial charge on any atom is 0.0911 e. The van der Waals surface area contributed by atoms with Crippen LogP contribution in [-0.2, 0) is 17.3 Å². The highest BCUT2D eigenvalue weighted by Crippen LogP contribution is 2.20. The number of hydrogen-bond donors (Lipinski definition) is 2. The van der Waals surface area contributed by atoms with Crippen LogP contribution in [0.4, 0.5) is 0 Å². The van der Waals surface area contributed by atoms with Crippen molar-refractivity contribution in [2.45, 2.75) is 16.9 Å². The largest absolute Gasteiger partial charge is 0.387 e. The number of hydrogen-bond acceptors (Lipinski definition) is 4. The molecule has 0 bridgehead atoms. The summed E-state index contributed by atoms with van der Waals surface area (Å²) in [4.78, 5) is 0. The summed E-state index contributed by atoms with van der Waals surface area (Å²) in [7, 11) is -1.15. The normalized spacial score (nSPS) is 14.3. The Hall–Kier alpha value is -1.01. The van der Waals surface area contributed by atoms with Gasteiger partial charge in [0.25, 0.3) is 0 Å². The van der Waals surface area contributed by atoms with Crippen LogP contribution in [0.1, 0.15) is 17.2 Å². The SMILES string of the molecule is NCc1ccc(C(O)CS(=O)c2cccs2)cc1. The van der Waals surface area contributed by atoms with Crippen molar-refractivity contribution in [1.82, 2.24) is 0 Å². The van der Waals surface area contributed by atoms with Crippen molar-refractivity contribution in [2.24, 2.45) is 5.73 Å². The molecule has 2 rings (SSSR count). The van der Waals surface area contributed by atoms with Crippen molar-refractivity contribution < 1.29 is 9.32 Å². The van der Waals surface area contributed by atoms with E-state index in [-0.39, 0.29) is 5.75 Å². The third kappa shape index (κ3) is 3.26. The highest BCUT2D eigenvalue weighted by atomic mass is 32.2. The van der Waals surface area contributed by atoms with Gasteiger partial charge >= 0.3 is 0 Å². The molecule has 3 nitrogen and oxygen atoms in total. The number of thiophene rings is 1. The van der Waals surface area contributed by atoms with Gasteiger partial charge in [0.15, 0.2) is 0 Å². The highest BCUT2D eigenvalue weighted by Gasteiger charge is 2.13. The van der Waals surface area contributed by atoms with E-state index in [1.807, 2.05) is 41.8 Å². The molecule has 1 aromatic heterocycles. The smallest absolute Gasteiger partial charge is 0.0911 e. The molecule has 0 aliphatic heterocycles. The van der Waals surface area contributed by atoms with E-state index in [0.717, 1.165) is 15.3 Å². The third-order valence-corrected chi connectivity index (χ3v) is 5.34. The summed E-state index contributed by atoms with van der Waals surface area (Å²) in [6.45, 7) is 0.484. The van der Waals surface area contributed by atoms with Gasteiger partial charge in [0, 0.05) is 6.54 Å². The zero-order valence-electron chi connectivity index (χ0n) is 9.78. The Morgan fingerprint density at radius 1 is 1.28 bits per heavy atom.